The number of nitrogens with zero attached hydrogens (tertiary/aromatic N) is 4. The molecule has 0 radical (unpaired) electrons. The van der Waals surface area contributed by atoms with Crippen LogP contribution in [0.15, 0.2) is 54.7 Å². The average Bonchev–Trinajstić information content (AvgIpc) is 3.07. The molecule has 7 nitrogen and oxygen atoms in total. The minimum absolute atomic E-state index is 0.0191. The maximum atomic E-state index is 11.1. The molecule has 29 heavy (non-hydrogen) atoms. The van der Waals surface area contributed by atoms with E-state index in [1.807, 2.05) is 47.2 Å². The van der Waals surface area contributed by atoms with E-state index in [-0.39, 0.29) is 11.0 Å². The highest BCUT2D eigenvalue weighted by Crippen LogP contribution is 2.35. The van der Waals surface area contributed by atoms with Gasteiger partial charge >= 0.3 is 0 Å². The minimum atomic E-state index is -0.422. The van der Waals surface area contributed by atoms with Gasteiger partial charge in [0, 0.05) is 24.9 Å². The molecule has 146 valence electrons. The molecule has 0 saturated heterocycles. The predicted molar refractivity (Wildman–Crippen MR) is 111 cm³/mol. The highest BCUT2D eigenvalue weighted by Gasteiger charge is 2.18. The smallest absolute Gasteiger partial charge is 0.270 e. The molecule has 0 atom stereocenters. The number of aryl methyl sites for hydroxylation is 2. The maximum absolute atomic E-state index is 11.1. The summed E-state index contributed by atoms with van der Waals surface area (Å²) in [7, 11) is 0. The molecule has 8 heteroatoms. The van der Waals surface area contributed by atoms with E-state index in [9.17, 15) is 10.1 Å². The molecule has 0 N–H and O–H groups in total. The molecule has 0 amide bonds. The number of hydrogen-bond acceptors (Lipinski definition) is 5. The van der Waals surface area contributed by atoms with Crippen LogP contribution in [0.1, 0.15) is 16.7 Å². The highest BCUT2D eigenvalue weighted by molar-refractivity contribution is 6.28. The zero-order valence-electron chi connectivity index (χ0n) is 15.8. The Balaban J connectivity index is 1.80. The Morgan fingerprint density at radius 2 is 1.79 bits per heavy atom. The second-order valence-corrected chi connectivity index (χ2v) is 7.07. The van der Waals surface area contributed by atoms with Crippen molar-refractivity contribution in [2.45, 2.75) is 20.4 Å². The number of non-ortho nitro benzene ring substituents is 1. The molecular formula is C21H17ClN4O3. The van der Waals surface area contributed by atoms with Crippen LogP contribution >= 0.6 is 11.6 Å². The van der Waals surface area contributed by atoms with E-state index in [0.717, 1.165) is 5.56 Å². The van der Waals surface area contributed by atoms with E-state index in [1.165, 1.54) is 12.1 Å². The molecule has 4 aromatic rings. The number of fused-ring (bicyclic) bond motifs is 1. The predicted octanol–water partition coefficient (Wildman–Crippen LogP) is 5.45. The Kier molecular flexibility index (Phi) is 4.90. The van der Waals surface area contributed by atoms with E-state index < -0.39 is 4.92 Å². The molecule has 0 saturated carbocycles. The summed E-state index contributed by atoms with van der Waals surface area (Å²) in [5, 5.41) is 11.2. The van der Waals surface area contributed by atoms with Crippen LogP contribution in [-0.4, -0.2) is 19.5 Å². The standard InChI is InChI=1S/C21H17ClN4O3/c1-13-10-16(26(27)28)11-14(2)19(13)29-20-18-17(23-21(22)24-20)8-9-25(18)12-15-6-4-3-5-7-15/h3-11H,12H2,1-2H3. The van der Waals surface area contributed by atoms with Gasteiger partial charge in [-0.15, -0.1) is 0 Å². The van der Waals surface area contributed by atoms with Crippen molar-refractivity contribution in [3.8, 4) is 11.6 Å². The summed E-state index contributed by atoms with van der Waals surface area (Å²) in [6, 6.07) is 14.8. The largest absolute Gasteiger partial charge is 0.436 e. The molecule has 0 bridgehead atoms. The summed E-state index contributed by atoms with van der Waals surface area (Å²) in [5.74, 6) is 0.820. The van der Waals surface area contributed by atoms with Crippen molar-refractivity contribution in [2.75, 3.05) is 0 Å². The molecule has 0 aliphatic heterocycles. The van der Waals surface area contributed by atoms with E-state index >= 15 is 0 Å². The fourth-order valence-electron chi connectivity index (χ4n) is 3.32. The third-order valence-electron chi connectivity index (χ3n) is 4.60. The summed E-state index contributed by atoms with van der Waals surface area (Å²) < 4.78 is 8.12. The monoisotopic (exact) mass is 408 g/mol. The number of aromatic nitrogens is 3. The molecule has 4 rings (SSSR count). The minimum Gasteiger partial charge on any atom is -0.436 e. The average molecular weight is 409 g/mol. The number of nitro groups is 1. The van der Waals surface area contributed by atoms with Crippen LogP contribution in [0.25, 0.3) is 11.0 Å². The summed E-state index contributed by atoms with van der Waals surface area (Å²) in [6.45, 7) is 4.14. The molecule has 2 heterocycles. The Bertz CT molecular complexity index is 1200. The van der Waals surface area contributed by atoms with Gasteiger partial charge in [0.05, 0.1) is 10.4 Å². The van der Waals surface area contributed by atoms with Gasteiger partial charge in [0.15, 0.2) is 0 Å². The Labute approximate surface area is 171 Å². The second kappa shape index (κ2) is 7.52. The first-order valence-electron chi connectivity index (χ1n) is 8.92. The van der Waals surface area contributed by atoms with Crippen molar-refractivity contribution < 1.29 is 9.66 Å². The Morgan fingerprint density at radius 1 is 1.10 bits per heavy atom. The lowest BCUT2D eigenvalue weighted by Crippen LogP contribution is -2.02. The molecule has 2 aromatic carbocycles. The zero-order chi connectivity index (χ0) is 20.5. The second-order valence-electron chi connectivity index (χ2n) is 6.73. The van der Waals surface area contributed by atoms with Crippen molar-refractivity contribution in [1.29, 1.82) is 0 Å². The van der Waals surface area contributed by atoms with Crippen LogP contribution in [-0.2, 0) is 6.54 Å². The maximum Gasteiger partial charge on any atom is 0.270 e. The quantitative estimate of drug-likeness (QED) is 0.249. The van der Waals surface area contributed by atoms with Crippen LogP contribution in [0.3, 0.4) is 0 Å². The van der Waals surface area contributed by atoms with Gasteiger partial charge in [-0.05, 0) is 48.2 Å². The third kappa shape index (κ3) is 3.77. The van der Waals surface area contributed by atoms with E-state index in [1.54, 1.807) is 13.8 Å². The van der Waals surface area contributed by atoms with Gasteiger partial charge in [0.2, 0.25) is 11.2 Å². The van der Waals surface area contributed by atoms with Crippen LogP contribution in [0.2, 0.25) is 5.28 Å². The van der Waals surface area contributed by atoms with Crippen LogP contribution in [0.4, 0.5) is 5.69 Å². The van der Waals surface area contributed by atoms with Gasteiger partial charge in [0.1, 0.15) is 11.3 Å². The number of rotatable bonds is 5. The topological polar surface area (TPSA) is 83.1 Å². The molecule has 0 unspecified atom stereocenters. The number of ether oxygens (including phenoxy) is 1. The molecule has 0 fully saturated rings. The van der Waals surface area contributed by atoms with Gasteiger partial charge in [-0.2, -0.15) is 4.98 Å². The summed E-state index contributed by atoms with van der Waals surface area (Å²) in [6.07, 6.45) is 1.91. The number of nitro benzene ring substituents is 1. The normalized spacial score (nSPS) is 11.0. The van der Waals surface area contributed by atoms with Crippen LogP contribution in [0.5, 0.6) is 11.6 Å². The lowest BCUT2D eigenvalue weighted by molar-refractivity contribution is -0.385. The molecule has 0 aliphatic carbocycles. The fraction of sp³-hybridized carbons (Fsp3) is 0.143. The summed E-state index contributed by atoms with van der Waals surface area (Å²) >= 11 is 6.11. The van der Waals surface area contributed by atoms with E-state index in [4.69, 9.17) is 16.3 Å². The van der Waals surface area contributed by atoms with Crippen LogP contribution in [0, 0.1) is 24.0 Å². The first-order chi connectivity index (χ1) is 13.9. The van der Waals surface area contributed by atoms with Gasteiger partial charge in [0.25, 0.3) is 5.69 Å². The van der Waals surface area contributed by atoms with Gasteiger partial charge in [-0.1, -0.05) is 30.3 Å². The highest BCUT2D eigenvalue weighted by atomic mass is 35.5. The van der Waals surface area contributed by atoms with Crippen LogP contribution < -0.4 is 4.74 Å². The summed E-state index contributed by atoms with van der Waals surface area (Å²) in [5.41, 5.74) is 3.78. The van der Waals surface area contributed by atoms with Gasteiger partial charge < -0.3 is 9.30 Å². The van der Waals surface area contributed by atoms with E-state index in [2.05, 4.69) is 9.97 Å². The number of hydrogen-bond donors (Lipinski definition) is 0. The van der Waals surface area contributed by atoms with Gasteiger partial charge in [-0.3, -0.25) is 10.1 Å². The van der Waals surface area contributed by atoms with Crippen molar-refractivity contribution >= 4 is 28.3 Å². The first kappa shape index (κ1) is 18.9. The summed E-state index contributed by atoms with van der Waals surface area (Å²) in [4.78, 5) is 19.3. The lowest BCUT2D eigenvalue weighted by Gasteiger charge is -2.14. The SMILES string of the molecule is Cc1cc([N+](=O)[O-])cc(C)c1Oc1nc(Cl)nc2ccn(Cc3ccccc3)c12. The fourth-order valence-corrected chi connectivity index (χ4v) is 3.49. The molecule has 0 spiro atoms. The zero-order valence-corrected chi connectivity index (χ0v) is 16.6. The van der Waals surface area contributed by atoms with Gasteiger partial charge in [-0.25, -0.2) is 4.98 Å². The molecular weight excluding hydrogens is 392 g/mol. The van der Waals surface area contributed by atoms with E-state index in [0.29, 0.717) is 40.3 Å². The van der Waals surface area contributed by atoms with Crippen molar-refractivity contribution in [2.24, 2.45) is 0 Å². The lowest BCUT2D eigenvalue weighted by atomic mass is 10.1. The number of benzene rings is 2. The number of halogens is 1. The van der Waals surface area contributed by atoms with Crippen molar-refractivity contribution in [3.05, 3.63) is 86.8 Å². The Morgan fingerprint density at radius 3 is 2.45 bits per heavy atom. The third-order valence-corrected chi connectivity index (χ3v) is 4.77. The van der Waals surface area contributed by atoms with Crippen molar-refractivity contribution in [1.82, 2.24) is 14.5 Å². The molecule has 0 aliphatic rings. The molecule has 2 aromatic heterocycles. The Hall–Kier alpha value is -3.45. The first-order valence-corrected chi connectivity index (χ1v) is 9.30. The van der Waals surface area contributed by atoms with Crippen molar-refractivity contribution in [3.63, 3.8) is 0 Å².